The number of nitrogens with zero attached hydrogens (tertiary/aromatic N) is 1. The van der Waals surface area contributed by atoms with Gasteiger partial charge in [-0.2, -0.15) is 0 Å². The highest BCUT2D eigenvalue weighted by Crippen LogP contribution is 2.26. The van der Waals surface area contributed by atoms with Crippen LogP contribution in [-0.4, -0.2) is 38.0 Å². The topological polar surface area (TPSA) is 38.8 Å². The van der Waals surface area contributed by atoms with E-state index in [-0.39, 0.29) is 11.6 Å². The molecule has 34 heavy (non-hydrogen) atoms. The van der Waals surface area contributed by atoms with Crippen molar-refractivity contribution in [1.82, 2.24) is 4.90 Å². The molecule has 0 atom stereocenters. The number of halogens is 2. The first kappa shape index (κ1) is 23.9. The van der Waals surface area contributed by atoms with Crippen molar-refractivity contribution in [3.63, 3.8) is 0 Å². The molecule has 3 aromatic rings. The lowest BCUT2D eigenvalue weighted by molar-refractivity contribution is -0.113. The predicted molar refractivity (Wildman–Crippen MR) is 136 cm³/mol. The number of ketones is 1. The molecule has 3 aromatic carbocycles. The van der Waals surface area contributed by atoms with E-state index in [0.29, 0.717) is 40.8 Å². The van der Waals surface area contributed by atoms with Gasteiger partial charge in [0.05, 0.1) is 14.2 Å². The molecule has 4 rings (SSSR count). The zero-order valence-corrected chi connectivity index (χ0v) is 20.6. The summed E-state index contributed by atoms with van der Waals surface area (Å²) < 4.78 is 25.7. The number of carbonyl (C=O) groups is 1. The molecule has 6 heteroatoms. The van der Waals surface area contributed by atoms with Gasteiger partial charge in [0.25, 0.3) is 0 Å². The normalized spacial score (nSPS) is 16.8. The average Bonchev–Trinajstić information content (AvgIpc) is 2.84. The summed E-state index contributed by atoms with van der Waals surface area (Å²) in [5, 5.41) is 0. The molecule has 0 amide bonds. The number of ether oxygens (including phenoxy) is 2. The largest absolute Gasteiger partial charge is 0.497 e. The fraction of sp³-hybridized carbons (Fsp3) is 0.179. The van der Waals surface area contributed by atoms with E-state index in [1.807, 2.05) is 66.7 Å². The van der Waals surface area contributed by atoms with Crippen molar-refractivity contribution in [3.8, 4) is 11.5 Å². The lowest BCUT2D eigenvalue weighted by Gasteiger charge is -2.30. The first-order valence-electron chi connectivity index (χ1n) is 10.9. The Morgan fingerprint density at radius 3 is 1.79 bits per heavy atom. The zero-order valence-electron chi connectivity index (χ0n) is 19.1. The van der Waals surface area contributed by atoms with Gasteiger partial charge in [0.15, 0.2) is 5.78 Å². The maximum absolute atomic E-state index is 14.5. The number of benzene rings is 3. The van der Waals surface area contributed by atoms with Gasteiger partial charge in [0, 0.05) is 40.8 Å². The van der Waals surface area contributed by atoms with Gasteiger partial charge in [-0.3, -0.25) is 9.69 Å². The Morgan fingerprint density at radius 2 is 1.35 bits per heavy atom. The third kappa shape index (κ3) is 5.82. The second kappa shape index (κ2) is 10.8. The third-order valence-corrected chi connectivity index (χ3v) is 6.19. The van der Waals surface area contributed by atoms with Gasteiger partial charge in [0.2, 0.25) is 0 Å². The second-order valence-electron chi connectivity index (χ2n) is 8.10. The SMILES string of the molecule is COc1ccc(/C=C2/CN(Cc3ccc(Br)cc3F)C/C(=C/c3ccc(OC)cc3)C2=O)cc1. The molecular weight excluding hydrogens is 497 g/mol. The molecule has 0 bridgehead atoms. The van der Waals surface area contributed by atoms with E-state index in [1.165, 1.54) is 6.07 Å². The maximum atomic E-state index is 14.5. The fourth-order valence-corrected chi connectivity index (χ4v) is 4.25. The van der Waals surface area contributed by atoms with E-state index in [1.54, 1.807) is 20.3 Å². The summed E-state index contributed by atoms with van der Waals surface area (Å²) in [6.45, 7) is 1.26. The summed E-state index contributed by atoms with van der Waals surface area (Å²) in [6.07, 6.45) is 3.79. The molecular formula is C28H25BrFNO3. The van der Waals surface area contributed by atoms with Crippen LogP contribution in [0.25, 0.3) is 12.2 Å². The Labute approximate surface area is 207 Å². The fourth-order valence-electron chi connectivity index (χ4n) is 3.92. The van der Waals surface area contributed by atoms with Crippen LogP contribution < -0.4 is 9.47 Å². The predicted octanol–water partition coefficient (Wildman–Crippen LogP) is 6.16. The minimum atomic E-state index is -0.271. The highest BCUT2D eigenvalue weighted by molar-refractivity contribution is 9.10. The molecule has 0 aromatic heterocycles. The number of Topliss-reactive ketones (excluding diaryl/α,β-unsaturated/α-hetero) is 1. The lowest BCUT2D eigenvalue weighted by atomic mass is 9.94. The molecule has 1 aliphatic heterocycles. The molecule has 1 aliphatic rings. The Hall–Kier alpha value is -3.22. The van der Waals surface area contributed by atoms with Crippen molar-refractivity contribution in [2.75, 3.05) is 27.3 Å². The molecule has 1 heterocycles. The van der Waals surface area contributed by atoms with Gasteiger partial charge in [0.1, 0.15) is 17.3 Å². The molecule has 174 valence electrons. The van der Waals surface area contributed by atoms with Crippen LogP contribution in [-0.2, 0) is 11.3 Å². The number of methoxy groups -OCH3 is 2. The number of piperidine rings is 1. The van der Waals surface area contributed by atoms with Gasteiger partial charge in [-0.1, -0.05) is 46.3 Å². The number of carbonyl (C=O) groups excluding carboxylic acids is 1. The molecule has 0 saturated carbocycles. The first-order valence-corrected chi connectivity index (χ1v) is 11.6. The summed E-state index contributed by atoms with van der Waals surface area (Å²) in [5.41, 5.74) is 3.72. The molecule has 1 saturated heterocycles. The summed E-state index contributed by atoms with van der Waals surface area (Å²) in [6, 6.07) is 20.2. The van der Waals surface area contributed by atoms with Gasteiger partial charge >= 0.3 is 0 Å². The van der Waals surface area contributed by atoms with E-state index >= 15 is 0 Å². The van der Waals surface area contributed by atoms with Gasteiger partial charge in [-0.05, 0) is 59.7 Å². The van der Waals surface area contributed by atoms with Crippen LogP contribution in [0.1, 0.15) is 16.7 Å². The van der Waals surface area contributed by atoms with Crippen LogP contribution >= 0.6 is 15.9 Å². The van der Waals surface area contributed by atoms with E-state index in [0.717, 1.165) is 22.6 Å². The molecule has 0 radical (unpaired) electrons. The molecule has 1 fully saturated rings. The molecule has 0 N–H and O–H groups in total. The average molecular weight is 522 g/mol. The zero-order chi connectivity index (χ0) is 24.1. The lowest BCUT2D eigenvalue weighted by Crippen LogP contribution is -2.37. The quantitative estimate of drug-likeness (QED) is 0.364. The van der Waals surface area contributed by atoms with Crippen LogP contribution in [0.3, 0.4) is 0 Å². The van der Waals surface area contributed by atoms with E-state index < -0.39 is 0 Å². The van der Waals surface area contributed by atoms with Crippen LogP contribution in [0, 0.1) is 5.82 Å². The monoisotopic (exact) mass is 521 g/mol. The Bertz CT molecular complexity index is 1160. The van der Waals surface area contributed by atoms with Gasteiger partial charge in [-0.25, -0.2) is 4.39 Å². The molecule has 0 spiro atoms. The number of rotatable bonds is 6. The van der Waals surface area contributed by atoms with Crippen molar-refractivity contribution >= 4 is 33.9 Å². The molecule has 0 aliphatic carbocycles. The summed E-state index contributed by atoms with van der Waals surface area (Å²) in [7, 11) is 3.24. The minimum absolute atomic E-state index is 0.000774. The Morgan fingerprint density at radius 1 is 0.853 bits per heavy atom. The van der Waals surface area contributed by atoms with Crippen molar-refractivity contribution in [2.24, 2.45) is 0 Å². The number of hydrogen-bond donors (Lipinski definition) is 0. The Balaban J connectivity index is 1.67. The van der Waals surface area contributed by atoms with E-state index in [4.69, 9.17) is 9.47 Å². The molecule has 0 unspecified atom stereocenters. The van der Waals surface area contributed by atoms with Crippen LogP contribution in [0.2, 0.25) is 0 Å². The van der Waals surface area contributed by atoms with Crippen LogP contribution in [0.15, 0.2) is 82.3 Å². The van der Waals surface area contributed by atoms with Crippen molar-refractivity contribution in [1.29, 1.82) is 0 Å². The highest BCUT2D eigenvalue weighted by Gasteiger charge is 2.26. The Kier molecular flexibility index (Phi) is 7.60. The standard InChI is InChI=1S/C28H25BrFNO3/c1-33-25-9-3-19(4-10-25)13-22-17-31(16-21-7-8-24(29)15-27(21)30)18-23(28(22)32)14-20-5-11-26(34-2)12-6-20/h3-15H,16-18H2,1-2H3/b22-13-,23-14-. The first-order chi connectivity index (χ1) is 16.4. The third-order valence-electron chi connectivity index (χ3n) is 5.69. The van der Waals surface area contributed by atoms with Crippen LogP contribution in [0.4, 0.5) is 4.39 Å². The second-order valence-corrected chi connectivity index (χ2v) is 9.01. The smallest absolute Gasteiger partial charge is 0.187 e. The summed E-state index contributed by atoms with van der Waals surface area (Å²) in [5.74, 6) is 1.24. The van der Waals surface area contributed by atoms with Gasteiger partial charge < -0.3 is 9.47 Å². The van der Waals surface area contributed by atoms with Crippen molar-refractivity contribution in [3.05, 3.63) is 105 Å². The maximum Gasteiger partial charge on any atom is 0.187 e. The highest BCUT2D eigenvalue weighted by atomic mass is 79.9. The van der Waals surface area contributed by atoms with E-state index in [2.05, 4.69) is 20.8 Å². The van der Waals surface area contributed by atoms with Crippen molar-refractivity contribution in [2.45, 2.75) is 6.54 Å². The van der Waals surface area contributed by atoms with E-state index in [9.17, 15) is 9.18 Å². The summed E-state index contributed by atoms with van der Waals surface area (Å²) >= 11 is 3.31. The molecule has 4 nitrogen and oxygen atoms in total. The minimum Gasteiger partial charge on any atom is -0.497 e. The van der Waals surface area contributed by atoms with Gasteiger partial charge in [-0.15, -0.1) is 0 Å². The van der Waals surface area contributed by atoms with Crippen LogP contribution in [0.5, 0.6) is 11.5 Å². The van der Waals surface area contributed by atoms with Crippen molar-refractivity contribution < 1.29 is 18.7 Å². The number of likely N-dealkylation sites (tertiary alicyclic amines) is 1. The number of hydrogen-bond acceptors (Lipinski definition) is 4. The summed E-state index contributed by atoms with van der Waals surface area (Å²) in [4.78, 5) is 15.5.